The minimum Gasteiger partial charge on any atom is -0.393 e. The van der Waals surface area contributed by atoms with Gasteiger partial charge in [0.2, 0.25) is 0 Å². The molecule has 0 amide bonds. The molecule has 4 rings (SSSR count). The molecule has 0 aliphatic heterocycles. The molecule has 4 aliphatic carbocycles. The second-order valence-electron chi connectivity index (χ2n) is 11.0. The fraction of sp³-hybridized carbons (Fsp3) is 1.00. The molecule has 4 aliphatic rings. The van der Waals surface area contributed by atoms with Crippen molar-refractivity contribution < 1.29 is 5.11 Å². The van der Waals surface area contributed by atoms with E-state index in [9.17, 15) is 5.11 Å². The van der Waals surface area contributed by atoms with Gasteiger partial charge in [-0.05, 0) is 119 Å². The van der Waals surface area contributed by atoms with Crippen molar-refractivity contribution in [3.05, 3.63) is 0 Å². The number of hydrogen-bond acceptors (Lipinski definition) is 2. The molecule has 0 bridgehead atoms. The van der Waals surface area contributed by atoms with E-state index in [0.29, 0.717) is 16.9 Å². The highest BCUT2D eigenvalue weighted by Gasteiger charge is 2.60. The third-order valence-electron chi connectivity index (χ3n) is 10.1. The maximum absolute atomic E-state index is 10.2. The molecule has 0 aromatic carbocycles. The zero-order valence-electron chi connectivity index (χ0n) is 17.3. The smallest absolute Gasteiger partial charge is 0.0543 e. The summed E-state index contributed by atoms with van der Waals surface area (Å²) < 4.78 is 0. The Labute approximate surface area is 155 Å². The summed E-state index contributed by atoms with van der Waals surface area (Å²) >= 11 is 0. The fourth-order valence-corrected chi connectivity index (χ4v) is 8.43. The summed E-state index contributed by atoms with van der Waals surface area (Å²) in [5.41, 5.74) is 1.09. The Morgan fingerprint density at radius 1 is 0.880 bits per heavy atom. The van der Waals surface area contributed by atoms with Crippen molar-refractivity contribution >= 4 is 0 Å². The van der Waals surface area contributed by atoms with Crippen molar-refractivity contribution in [1.82, 2.24) is 4.90 Å². The van der Waals surface area contributed by atoms with Crippen LogP contribution in [-0.4, -0.2) is 36.2 Å². The first-order chi connectivity index (χ1) is 11.8. The molecular weight excluding hydrogens is 306 g/mol. The van der Waals surface area contributed by atoms with E-state index >= 15 is 0 Å². The quantitative estimate of drug-likeness (QED) is 0.763. The van der Waals surface area contributed by atoms with Crippen LogP contribution in [0.3, 0.4) is 0 Å². The summed E-state index contributed by atoms with van der Waals surface area (Å²) in [6.07, 6.45) is 12.1. The van der Waals surface area contributed by atoms with E-state index in [1.807, 2.05) is 0 Å². The molecule has 1 N–H and O–H groups in total. The Balaban J connectivity index is 1.58. The van der Waals surface area contributed by atoms with Crippen LogP contribution in [-0.2, 0) is 0 Å². The fourth-order valence-electron chi connectivity index (χ4n) is 8.43. The van der Waals surface area contributed by atoms with E-state index in [-0.39, 0.29) is 6.10 Å². The molecule has 144 valence electrons. The molecule has 0 aromatic rings. The molecule has 4 fully saturated rings. The third kappa shape index (κ3) is 2.64. The van der Waals surface area contributed by atoms with Gasteiger partial charge < -0.3 is 10.0 Å². The molecule has 0 saturated heterocycles. The molecule has 25 heavy (non-hydrogen) atoms. The Hall–Kier alpha value is -0.0800. The Morgan fingerprint density at radius 3 is 2.28 bits per heavy atom. The predicted octanol–water partition coefficient (Wildman–Crippen LogP) is 4.96. The molecule has 0 unspecified atom stereocenters. The second-order valence-corrected chi connectivity index (χ2v) is 11.0. The summed E-state index contributed by atoms with van der Waals surface area (Å²) in [4.78, 5) is 2.46. The van der Waals surface area contributed by atoms with Crippen LogP contribution in [0.15, 0.2) is 0 Å². The number of fused-ring (bicyclic) bond motifs is 5. The lowest BCUT2D eigenvalue weighted by atomic mass is 9.44. The van der Waals surface area contributed by atoms with E-state index in [4.69, 9.17) is 0 Å². The zero-order chi connectivity index (χ0) is 18.0. The van der Waals surface area contributed by atoms with Crippen molar-refractivity contribution in [3.63, 3.8) is 0 Å². The number of hydrogen-bond donors (Lipinski definition) is 1. The van der Waals surface area contributed by atoms with Crippen LogP contribution in [0.5, 0.6) is 0 Å². The van der Waals surface area contributed by atoms with E-state index in [2.05, 4.69) is 39.8 Å². The molecule has 0 aromatic heterocycles. The van der Waals surface area contributed by atoms with Crippen LogP contribution < -0.4 is 0 Å². The van der Waals surface area contributed by atoms with Gasteiger partial charge in [0.15, 0.2) is 0 Å². The highest BCUT2D eigenvalue weighted by atomic mass is 16.3. The van der Waals surface area contributed by atoms with Crippen molar-refractivity contribution in [2.45, 2.75) is 90.7 Å². The Bertz CT molecular complexity index is 504. The molecule has 0 radical (unpaired) electrons. The van der Waals surface area contributed by atoms with Crippen molar-refractivity contribution in [3.8, 4) is 0 Å². The normalized spacial score (nSPS) is 53.9. The maximum atomic E-state index is 10.2. The first-order valence-electron chi connectivity index (χ1n) is 11.1. The lowest BCUT2D eigenvalue weighted by Crippen LogP contribution is -2.55. The van der Waals surface area contributed by atoms with Crippen LogP contribution in [0, 0.1) is 40.4 Å². The number of rotatable bonds is 2. The van der Waals surface area contributed by atoms with Gasteiger partial charge in [0.1, 0.15) is 0 Å². The minimum absolute atomic E-state index is 0.0136. The van der Waals surface area contributed by atoms with Crippen LogP contribution in [0.1, 0.15) is 78.6 Å². The van der Waals surface area contributed by atoms with Gasteiger partial charge in [-0.1, -0.05) is 13.8 Å². The molecule has 2 nitrogen and oxygen atoms in total. The van der Waals surface area contributed by atoms with Gasteiger partial charge in [0, 0.05) is 6.04 Å². The van der Waals surface area contributed by atoms with Crippen molar-refractivity contribution in [2.24, 2.45) is 40.4 Å². The standard InChI is InChI=1S/C23H41NO/c1-15(24(4)5)19-8-9-20-18-7-6-16-14-17(25)10-12-22(16,2)21(18)11-13-23(19,20)3/h15-21,25H,6-14H2,1-5H3/t15-,16+,17+,18+,19-,20+,21+,22+,23-/m1/s1. The van der Waals surface area contributed by atoms with Gasteiger partial charge >= 0.3 is 0 Å². The van der Waals surface area contributed by atoms with Crippen LogP contribution in [0.4, 0.5) is 0 Å². The number of nitrogens with zero attached hydrogens (tertiary/aromatic N) is 1. The summed E-state index contributed by atoms with van der Waals surface area (Å²) in [6, 6.07) is 0.711. The predicted molar refractivity (Wildman–Crippen MR) is 104 cm³/mol. The van der Waals surface area contributed by atoms with Gasteiger partial charge in [0.25, 0.3) is 0 Å². The molecule has 9 atom stereocenters. The van der Waals surface area contributed by atoms with Gasteiger partial charge in [-0.15, -0.1) is 0 Å². The minimum atomic E-state index is -0.0136. The highest BCUT2D eigenvalue weighted by Crippen LogP contribution is 2.67. The van der Waals surface area contributed by atoms with Gasteiger partial charge in [-0.2, -0.15) is 0 Å². The van der Waals surface area contributed by atoms with E-state index in [1.165, 1.54) is 44.9 Å². The third-order valence-corrected chi connectivity index (χ3v) is 10.1. The van der Waals surface area contributed by atoms with Crippen molar-refractivity contribution in [2.75, 3.05) is 14.1 Å². The zero-order valence-corrected chi connectivity index (χ0v) is 17.3. The lowest BCUT2D eigenvalue weighted by molar-refractivity contribution is -0.129. The average molecular weight is 348 g/mol. The Kier molecular flexibility index (Phi) is 4.56. The van der Waals surface area contributed by atoms with Crippen molar-refractivity contribution in [1.29, 1.82) is 0 Å². The molecule has 0 heterocycles. The summed E-state index contributed by atoms with van der Waals surface area (Å²) in [7, 11) is 4.54. The van der Waals surface area contributed by atoms with E-state index in [0.717, 1.165) is 42.4 Å². The summed E-state index contributed by atoms with van der Waals surface area (Å²) in [5.74, 6) is 4.54. The number of aliphatic hydroxyl groups excluding tert-OH is 1. The van der Waals surface area contributed by atoms with E-state index in [1.54, 1.807) is 0 Å². The summed E-state index contributed by atoms with van der Waals surface area (Å²) in [6.45, 7) is 7.73. The largest absolute Gasteiger partial charge is 0.393 e. The maximum Gasteiger partial charge on any atom is 0.0543 e. The monoisotopic (exact) mass is 347 g/mol. The SMILES string of the molecule is C[C@H]([C@H]1CC[C@H]2[C@@H]3CC[C@H]4C[C@@H](O)CC[C@]4(C)[C@H]3CC[C@]12C)N(C)C. The van der Waals surface area contributed by atoms with Crippen LogP contribution >= 0.6 is 0 Å². The topological polar surface area (TPSA) is 23.5 Å². The first-order valence-corrected chi connectivity index (χ1v) is 11.1. The van der Waals surface area contributed by atoms with Gasteiger partial charge in [0.05, 0.1) is 6.10 Å². The van der Waals surface area contributed by atoms with Crippen LogP contribution in [0.2, 0.25) is 0 Å². The molecule has 4 saturated carbocycles. The first kappa shape index (κ1) is 18.3. The average Bonchev–Trinajstić information content (AvgIpc) is 2.92. The van der Waals surface area contributed by atoms with Gasteiger partial charge in [-0.25, -0.2) is 0 Å². The molecular formula is C23H41NO. The number of aliphatic hydroxyl groups is 1. The molecule has 2 heteroatoms. The van der Waals surface area contributed by atoms with Gasteiger partial charge in [-0.3, -0.25) is 0 Å². The lowest BCUT2D eigenvalue weighted by Gasteiger charge is -2.61. The second kappa shape index (κ2) is 6.23. The highest BCUT2D eigenvalue weighted by molar-refractivity contribution is 5.10. The van der Waals surface area contributed by atoms with E-state index < -0.39 is 0 Å². The summed E-state index contributed by atoms with van der Waals surface area (Å²) in [5, 5.41) is 10.2. The Morgan fingerprint density at radius 2 is 1.56 bits per heavy atom. The molecule has 0 spiro atoms. The van der Waals surface area contributed by atoms with Crippen LogP contribution in [0.25, 0.3) is 0 Å².